The van der Waals surface area contributed by atoms with Gasteiger partial charge < -0.3 is 24.7 Å². The van der Waals surface area contributed by atoms with Crippen LogP contribution in [0.2, 0.25) is 0 Å². The maximum Gasteiger partial charge on any atom is 0.323 e. The second kappa shape index (κ2) is 14.5. The summed E-state index contributed by atoms with van der Waals surface area (Å²) >= 11 is 0. The molecule has 0 aliphatic heterocycles. The third-order valence-corrected chi connectivity index (χ3v) is 5.14. The second-order valence-electron chi connectivity index (χ2n) is 9.39. The topological polar surface area (TPSA) is 131 Å². The number of nitrogens with two attached hydrogens (primary N) is 1. The van der Waals surface area contributed by atoms with Crippen LogP contribution in [0, 0.1) is 17.8 Å². The zero-order valence-electron chi connectivity index (χ0n) is 21.8. The molecule has 0 saturated heterocycles. The molecular weight excluding hydrogens is 454 g/mol. The van der Waals surface area contributed by atoms with E-state index in [2.05, 4.69) is 0 Å². The maximum atomic E-state index is 12.4. The molecule has 0 radical (unpaired) electrons. The molecule has 3 atom stereocenters. The number of carbonyl (C=O) groups is 4. The van der Waals surface area contributed by atoms with Crippen LogP contribution in [0.25, 0.3) is 0 Å². The number of benzene rings is 1. The molecule has 35 heavy (non-hydrogen) atoms. The molecule has 0 fully saturated rings. The van der Waals surface area contributed by atoms with E-state index in [0.29, 0.717) is 12.0 Å². The summed E-state index contributed by atoms with van der Waals surface area (Å²) in [5.74, 6) is -2.35. The Morgan fingerprint density at radius 3 is 1.97 bits per heavy atom. The lowest BCUT2D eigenvalue weighted by Gasteiger charge is -2.18. The van der Waals surface area contributed by atoms with E-state index < -0.39 is 36.0 Å². The molecule has 0 heterocycles. The molecule has 0 aliphatic rings. The molecule has 1 aromatic rings. The van der Waals surface area contributed by atoms with E-state index in [4.69, 9.17) is 24.7 Å². The number of hydrogen-bond acceptors (Lipinski definition) is 9. The van der Waals surface area contributed by atoms with Gasteiger partial charge in [0.2, 0.25) is 0 Å². The van der Waals surface area contributed by atoms with Crippen molar-refractivity contribution >= 4 is 23.9 Å². The standard InChI is InChI=1S/C26H39NO8/c1-8-17(6)11-23(28)33-18(7)14-32-26(31)20(27)12-19-9-10-21(34-24(29)15(2)3)22(13-19)35-25(30)16(4)5/h9-10,13,15-18,20H,8,11-12,14,27H2,1-7H3/t17?,18-,20-/m0/s1. The van der Waals surface area contributed by atoms with Crippen LogP contribution in [-0.4, -0.2) is 42.6 Å². The first kappa shape index (κ1) is 30.1. The molecule has 0 saturated carbocycles. The minimum atomic E-state index is -1.00. The first-order valence-electron chi connectivity index (χ1n) is 12.0. The number of carbonyl (C=O) groups excluding carboxylic acids is 4. The lowest BCUT2D eigenvalue weighted by atomic mass is 10.1. The number of ether oxygens (including phenoxy) is 4. The Labute approximate surface area is 207 Å². The largest absolute Gasteiger partial charge is 0.461 e. The highest BCUT2D eigenvalue weighted by Gasteiger charge is 2.22. The first-order valence-corrected chi connectivity index (χ1v) is 12.0. The van der Waals surface area contributed by atoms with Gasteiger partial charge in [-0.05, 0) is 37.0 Å². The van der Waals surface area contributed by atoms with Crippen LogP contribution in [0.5, 0.6) is 11.5 Å². The predicted molar refractivity (Wildman–Crippen MR) is 130 cm³/mol. The molecule has 1 rings (SSSR count). The summed E-state index contributed by atoms with van der Waals surface area (Å²) in [4.78, 5) is 48.4. The van der Waals surface area contributed by atoms with Gasteiger partial charge in [-0.15, -0.1) is 0 Å². The SMILES string of the molecule is CCC(C)CC(=O)O[C@@H](C)COC(=O)[C@@H](N)Cc1ccc(OC(=O)C(C)C)c(OC(=O)C(C)C)c1. The van der Waals surface area contributed by atoms with Gasteiger partial charge in [0.05, 0.1) is 11.8 Å². The lowest BCUT2D eigenvalue weighted by molar-refractivity contribution is -0.159. The molecule has 1 unspecified atom stereocenters. The summed E-state index contributed by atoms with van der Waals surface area (Å²) in [7, 11) is 0. The van der Waals surface area contributed by atoms with E-state index in [1.165, 1.54) is 12.1 Å². The molecule has 0 spiro atoms. The van der Waals surface area contributed by atoms with Crippen LogP contribution in [0.4, 0.5) is 0 Å². The van der Waals surface area contributed by atoms with Crippen LogP contribution in [-0.2, 0) is 35.1 Å². The fourth-order valence-corrected chi connectivity index (χ4v) is 2.68. The molecule has 0 bridgehead atoms. The number of esters is 4. The molecule has 0 amide bonds. The van der Waals surface area contributed by atoms with Gasteiger partial charge in [0.15, 0.2) is 11.5 Å². The third kappa shape index (κ3) is 10.9. The van der Waals surface area contributed by atoms with Gasteiger partial charge >= 0.3 is 23.9 Å². The van der Waals surface area contributed by atoms with Gasteiger partial charge in [-0.3, -0.25) is 19.2 Å². The average molecular weight is 494 g/mol. The summed E-state index contributed by atoms with van der Waals surface area (Å²) in [6, 6.07) is 3.63. The molecule has 9 heteroatoms. The van der Waals surface area contributed by atoms with Crippen molar-refractivity contribution in [3.05, 3.63) is 23.8 Å². The van der Waals surface area contributed by atoms with E-state index in [1.807, 2.05) is 13.8 Å². The first-order chi connectivity index (χ1) is 16.3. The van der Waals surface area contributed by atoms with Crippen molar-refractivity contribution in [2.24, 2.45) is 23.5 Å². The summed E-state index contributed by atoms with van der Waals surface area (Å²) in [6.45, 7) is 12.2. The zero-order valence-corrected chi connectivity index (χ0v) is 21.8. The molecule has 2 N–H and O–H groups in total. The fourth-order valence-electron chi connectivity index (χ4n) is 2.68. The van der Waals surface area contributed by atoms with Gasteiger partial charge in [0.25, 0.3) is 0 Å². The van der Waals surface area contributed by atoms with Gasteiger partial charge in [-0.1, -0.05) is 54.0 Å². The van der Waals surface area contributed by atoms with Gasteiger partial charge in [-0.25, -0.2) is 0 Å². The summed E-state index contributed by atoms with van der Waals surface area (Å²) < 4.78 is 21.2. The van der Waals surface area contributed by atoms with E-state index in [9.17, 15) is 19.2 Å². The molecule has 0 aliphatic carbocycles. The van der Waals surface area contributed by atoms with Crippen molar-refractivity contribution in [1.82, 2.24) is 0 Å². The lowest BCUT2D eigenvalue weighted by Crippen LogP contribution is -2.36. The average Bonchev–Trinajstić information content (AvgIpc) is 2.78. The van der Waals surface area contributed by atoms with E-state index in [1.54, 1.807) is 40.7 Å². The quantitative estimate of drug-likeness (QED) is 0.323. The highest BCUT2D eigenvalue weighted by Crippen LogP contribution is 2.30. The highest BCUT2D eigenvalue weighted by atomic mass is 16.6. The molecule has 9 nitrogen and oxygen atoms in total. The Balaban J connectivity index is 2.79. The Bertz CT molecular complexity index is 880. The smallest absolute Gasteiger partial charge is 0.323 e. The Morgan fingerprint density at radius 1 is 0.857 bits per heavy atom. The Kier molecular flexibility index (Phi) is 12.4. The van der Waals surface area contributed by atoms with Crippen molar-refractivity contribution in [3.63, 3.8) is 0 Å². The van der Waals surface area contributed by atoms with Gasteiger partial charge in [0, 0.05) is 6.42 Å². The van der Waals surface area contributed by atoms with Crippen LogP contribution in [0.1, 0.15) is 66.9 Å². The van der Waals surface area contributed by atoms with E-state index in [-0.39, 0.29) is 42.3 Å². The minimum Gasteiger partial charge on any atom is -0.461 e. The minimum absolute atomic E-state index is 0.0672. The van der Waals surface area contributed by atoms with Crippen molar-refractivity contribution < 1.29 is 38.1 Å². The number of rotatable bonds is 13. The summed E-state index contributed by atoms with van der Waals surface area (Å²) in [5.41, 5.74) is 6.59. The van der Waals surface area contributed by atoms with Crippen LogP contribution in [0.15, 0.2) is 18.2 Å². The van der Waals surface area contributed by atoms with E-state index in [0.717, 1.165) is 6.42 Å². The summed E-state index contributed by atoms with van der Waals surface area (Å²) in [5, 5.41) is 0. The third-order valence-electron chi connectivity index (χ3n) is 5.14. The van der Waals surface area contributed by atoms with Crippen LogP contribution >= 0.6 is 0 Å². The molecule has 0 aromatic heterocycles. The van der Waals surface area contributed by atoms with Gasteiger partial charge in [0.1, 0.15) is 18.8 Å². The second-order valence-corrected chi connectivity index (χ2v) is 9.39. The Morgan fingerprint density at radius 2 is 1.43 bits per heavy atom. The monoisotopic (exact) mass is 493 g/mol. The molecule has 196 valence electrons. The fraction of sp³-hybridized carbons (Fsp3) is 0.615. The molecular formula is C26H39NO8. The zero-order chi connectivity index (χ0) is 26.7. The van der Waals surface area contributed by atoms with Crippen molar-refractivity contribution in [2.75, 3.05) is 6.61 Å². The van der Waals surface area contributed by atoms with Crippen LogP contribution < -0.4 is 15.2 Å². The van der Waals surface area contributed by atoms with Crippen molar-refractivity contribution in [2.45, 2.75) is 79.9 Å². The summed E-state index contributed by atoms with van der Waals surface area (Å²) in [6.07, 6.45) is 0.665. The Hall–Kier alpha value is -2.94. The number of hydrogen-bond donors (Lipinski definition) is 1. The maximum absolute atomic E-state index is 12.4. The highest BCUT2D eigenvalue weighted by molar-refractivity contribution is 5.78. The van der Waals surface area contributed by atoms with Crippen molar-refractivity contribution in [1.29, 1.82) is 0 Å². The van der Waals surface area contributed by atoms with E-state index >= 15 is 0 Å². The normalized spacial score (nSPS) is 13.7. The molecule has 1 aromatic carbocycles. The van der Waals surface area contributed by atoms with Crippen molar-refractivity contribution in [3.8, 4) is 11.5 Å². The van der Waals surface area contributed by atoms with Crippen LogP contribution in [0.3, 0.4) is 0 Å². The predicted octanol–water partition coefficient (Wildman–Crippen LogP) is 3.59. The van der Waals surface area contributed by atoms with Gasteiger partial charge in [-0.2, -0.15) is 0 Å².